The molecule has 0 aromatic carbocycles. The Morgan fingerprint density at radius 3 is 3.00 bits per heavy atom. The molecule has 1 aliphatic rings. The van der Waals surface area contributed by atoms with Gasteiger partial charge in [-0.1, -0.05) is 19.3 Å². The van der Waals surface area contributed by atoms with Crippen LogP contribution in [-0.4, -0.2) is 24.0 Å². The average molecular weight is 268 g/mol. The molecule has 4 nitrogen and oxygen atoms in total. The molecular weight excluding hydrogens is 248 g/mol. The molecule has 100 valence electrons. The van der Waals surface area contributed by atoms with Crippen LogP contribution < -0.4 is 5.32 Å². The van der Waals surface area contributed by atoms with E-state index in [2.05, 4.69) is 10.3 Å². The van der Waals surface area contributed by atoms with E-state index in [0.29, 0.717) is 19.1 Å². The lowest BCUT2D eigenvalue weighted by molar-refractivity contribution is -0.121. The van der Waals surface area contributed by atoms with E-state index in [1.54, 1.807) is 18.4 Å². The highest BCUT2D eigenvalue weighted by Crippen LogP contribution is 2.17. The second kappa shape index (κ2) is 6.85. The van der Waals surface area contributed by atoms with Crippen LogP contribution in [0.3, 0.4) is 0 Å². The van der Waals surface area contributed by atoms with E-state index < -0.39 is 0 Å². The summed E-state index contributed by atoms with van der Waals surface area (Å²) in [6, 6.07) is 0.378. The molecule has 1 aliphatic carbocycles. The van der Waals surface area contributed by atoms with Gasteiger partial charge in [-0.3, -0.25) is 4.79 Å². The minimum atomic E-state index is 0.0937. The number of nitrogens with one attached hydrogen (secondary N) is 1. The average Bonchev–Trinajstić information content (AvgIpc) is 2.78. The molecule has 1 fully saturated rings. The Balaban J connectivity index is 1.78. The van der Waals surface area contributed by atoms with E-state index in [1.807, 2.05) is 5.38 Å². The predicted molar refractivity (Wildman–Crippen MR) is 71.5 cm³/mol. The summed E-state index contributed by atoms with van der Waals surface area (Å²) < 4.78 is 5.02. The Kier molecular flexibility index (Phi) is 5.13. The topological polar surface area (TPSA) is 51.2 Å². The number of carbonyl (C=O) groups is 1. The third kappa shape index (κ3) is 4.07. The normalized spacial score (nSPS) is 16.7. The second-order valence-corrected chi connectivity index (χ2v) is 5.69. The summed E-state index contributed by atoms with van der Waals surface area (Å²) in [6.07, 6.45) is 6.41. The van der Waals surface area contributed by atoms with Crippen molar-refractivity contribution in [1.82, 2.24) is 10.3 Å². The lowest BCUT2D eigenvalue weighted by atomic mass is 9.95. The number of methoxy groups -OCH3 is 1. The van der Waals surface area contributed by atoms with Crippen LogP contribution in [-0.2, 0) is 22.6 Å². The Hall–Kier alpha value is -0.940. The van der Waals surface area contributed by atoms with Crippen LogP contribution in [0.5, 0.6) is 0 Å². The zero-order valence-electron chi connectivity index (χ0n) is 10.8. The van der Waals surface area contributed by atoms with Crippen molar-refractivity contribution in [2.24, 2.45) is 0 Å². The number of ether oxygens (including phenoxy) is 1. The number of thiazole rings is 1. The summed E-state index contributed by atoms with van der Waals surface area (Å²) in [4.78, 5) is 16.2. The summed E-state index contributed by atoms with van der Waals surface area (Å²) in [7, 11) is 1.65. The highest BCUT2D eigenvalue weighted by molar-refractivity contribution is 7.09. The van der Waals surface area contributed by atoms with Crippen LogP contribution in [0.2, 0.25) is 0 Å². The standard InChI is InChI=1S/C13H20N2O2S/c1-17-8-13-15-11(9-18-13)7-12(16)14-10-5-3-2-4-6-10/h9-10H,2-8H2,1H3,(H,14,16). The number of aromatic nitrogens is 1. The number of carbonyl (C=O) groups excluding carboxylic acids is 1. The van der Waals surface area contributed by atoms with Gasteiger partial charge in [-0.05, 0) is 12.8 Å². The molecule has 0 saturated heterocycles. The Labute approximate surface area is 112 Å². The van der Waals surface area contributed by atoms with Crippen molar-refractivity contribution in [3.05, 3.63) is 16.1 Å². The number of amides is 1. The Morgan fingerprint density at radius 2 is 2.28 bits per heavy atom. The zero-order chi connectivity index (χ0) is 12.8. The summed E-state index contributed by atoms with van der Waals surface area (Å²) in [5.41, 5.74) is 0.848. The predicted octanol–water partition coefficient (Wildman–Crippen LogP) is 2.28. The van der Waals surface area contributed by atoms with Crippen LogP contribution >= 0.6 is 11.3 Å². The van der Waals surface area contributed by atoms with Crippen LogP contribution in [0.4, 0.5) is 0 Å². The lowest BCUT2D eigenvalue weighted by Gasteiger charge is -2.22. The molecule has 0 radical (unpaired) electrons. The highest BCUT2D eigenvalue weighted by Gasteiger charge is 2.16. The molecule has 1 aromatic rings. The molecular formula is C13H20N2O2S. The molecule has 1 aromatic heterocycles. The molecule has 1 amide bonds. The van der Waals surface area contributed by atoms with Crippen molar-refractivity contribution in [3.8, 4) is 0 Å². The van der Waals surface area contributed by atoms with Gasteiger partial charge in [-0.25, -0.2) is 4.98 Å². The minimum absolute atomic E-state index is 0.0937. The Morgan fingerprint density at radius 1 is 1.50 bits per heavy atom. The van der Waals surface area contributed by atoms with Gasteiger partial charge in [0.15, 0.2) is 0 Å². The van der Waals surface area contributed by atoms with Gasteiger partial charge in [0, 0.05) is 18.5 Å². The fourth-order valence-corrected chi connectivity index (χ4v) is 3.07. The van der Waals surface area contributed by atoms with Gasteiger partial charge >= 0.3 is 0 Å². The van der Waals surface area contributed by atoms with Crippen molar-refractivity contribution in [3.63, 3.8) is 0 Å². The maximum Gasteiger partial charge on any atom is 0.226 e. The molecule has 1 N–H and O–H groups in total. The van der Waals surface area contributed by atoms with Crippen LogP contribution in [0, 0.1) is 0 Å². The molecule has 0 bridgehead atoms. The first-order valence-corrected chi connectivity index (χ1v) is 7.37. The van der Waals surface area contributed by atoms with E-state index in [0.717, 1.165) is 23.5 Å². The first kappa shape index (κ1) is 13.5. The van der Waals surface area contributed by atoms with Crippen molar-refractivity contribution < 1.29 is 9.53 Å². The van der Waals surface area contributed by atoms with Gasteiger partial charge in [0.25, 0.3) is 0 Å². The van der Waals surface area contributed by atoms with E-state index in [9.17, 15) is 4.79 Å². The van der Waals surface area contributed by atoms with Gasteiger partial charge in [0.05, 0.1) is 18.7 Å². The van der Waals surface area contributed by atoms with Gasteiger partial charge in [-0.2, -0.15) is 0 Å². The Bertz CT molecular complexity index is 386. The third-order valence-electron chi connectivity index (χ3n) is 3.18. The van der Waals surface area contributed by atoms with Crippen LogP contribution in [0.1, 0.15) is 42.8 Å². The number of hydrogen-bond donors (Lipinski definition) is 1. The number of nitrogens with zero attached hydrogens (tertiary/aromatic N) is 1. The molecule has 5 heteroatoms. The maximum atomic E-state index is 11.9. The summed E-state index contributed by atoms with van der Waals surface area (Å²) in [5.74, 6) is 0.0937. The fourth-order valence-electron chi connectivity index (χ4n) is 2.31. The first-order chi connectivity index (χ1) is 8.78. The first-order valence-electron chi connectivity index (χ1n) is 6.49. The van der Waals surface area contributed by atoms with Crippen molar-refractivity contribution in [2.75, 3.05) is 7.11 Å². The number of rotatable bonds is 5. The monoisotopic (exact) mass is 268 g/mol. The second-order valence-electron chi connectivity index (χ2n) is 4.74. The molecule has 0 atom stereocenters. The van der Waals surface area contributed by atoms with E-state index in [4.69, 9.17) is 4.74 Å². The van der Waals surface area contributed by atoms with E-state index in [1.165, 1.54) is 19.3 Å². The molecule has 1 heterocycles. The molecule has 18 heavy (non-hydrogen) atoms. The maximum absolute atomic E-state index is 11.9. The van der Waals surface area contributed by atoms with Crippen LogP contribution in [0.15, 0.2) is 5.38 Å². The molecule has 0 spiro atoms. The van der Waals surface area contributed by atoms with Gasteiger partial charge < -0.3 is 10.1 Å². The third-order valence-corrected chi connectivity index (χ3v) is 4.05. The lowest BCUT2D eigenvalue weighted by Crippen LogP contribution is -2.37. The summed E-state index contributed by atoms with van der Waals surface area (Å²) >= 11 is 1.55. The van der Waals surface area contributed by atoms with Crippen molar-refractivity contribution in [2.45, 2.75) is 51.2 Å². The van der Waals surface area contributed by atoms with Crippen molar-refractivity contribution in [1.29, 1.82) is 0 Å². The quantitative estimate of drug-likeness (QED) is 0.891. The summed E-state index contributed by atoms with van der Waals surface area (Å²) in [5, 5.41) is 5.97. The minimum Gasteiger partial charge on any atom is -0.378 e. The van der Waals surface area contributed by atoms with Gasteiger partial charge in [0.1, 0.15) is 5.01 Å². The summed E-state index contributed by atoms with van der Waals surface area (Å²) in [6.45, 7) is 0.523. The largest absolute Gasteiger partial charge is 0.378 e. The van der Waals surface area contributed by atoms with Crippen molar-refractivity contribution >= 4 is 17.2 Å². The molecule has 1 saturated carbocycles. The SMILES string of the molecule is COCc1nc(CC(=O)NC2CCCCC2)cs1. The van der Waals surface area contributed by atoms with E-state index in [-0.39, 0.29) is 5.91 Å². The fraction of sp³-hybridized carbons (Fsp3) is 0.692. The van der Waals surface area contributed by atoms with Gasteiger partial charge in [0.2, 0.25) is 5.91 Å². The zero-order valence-corrected chi connectivity index (χ0v) is 11.6. The van der Waals surface area contributed by atoms with E-state index >= 15 is 0 Å². The molecule has 0 aliphatic heterocycles. The highest BCUT2D eigenvalue weighted by atomic mass is 32.1. The van der Waals surface area contributed by atoms with Gasteiger partial charge in [-0.15, -0.1) is 11.3 Å². The van der Waals surface area contributed by atoms with Crippen LogP contribution in [0.25, 0.3) is 0 Å². The molecule has 0 unspecified atom stereocenters. The molecule has 2 rings (SSSR count). The smallest absolute Gasteiger partial charge is 0.226 e. The number of hydrogen-bond acceptors (Lipinski definition) is 4.